The minimum Gasteiger partial charge on any atom is -0.481 e. The Kier molecular flexibility index (Phi) is 14.4. The maximum absolute atomic E-state index is 12.3. The highest BCUT2D eigenvalue weighted by Crippen LogP contribution is 2.19. The lowest BCUT2D eigenvalue weighted by Gasteiger charge is -2.36. The van der Waals surface area contributed by atoms with Gasteiger partial charge in [-0.25, -0.2) is 0 Å². The van der Waals surface area contributed by atoms with Crippen LogP contribution >= 0.6 is 0 Å². The SMILES string of the molecule is O=COCCCC(C(=O)O)N1CCN(C(CCC(=O)O)C(=O)O)CCN(C(CCC(=O)O)C(=O)O)Cc2cccc(n2)C1. The Morgan fingerprint density at radius 1 is 0.721 bits per heavy atom. The number of carbonyl (C=O) groups excluding carboxylic acids is 1. The molecule has 3 unspecified atom stereocenters. The molecule has 0 spiro atoms. The Morgan fingerprint density at radius 2 is 1.14 bits per heavy atom. The smallest absolute Gasteiger partial charge is 0.320 e. The fourth-order valence-corrected chi connectivity index (χ4v) is 5.06. The first-order chi connectivity index (χ1) is 20.4. The Hall–Kier alpha value is -4.15. The summed E-state index contributed by atoms with van der Waals surface area (Å²) in [4.78, 5) is 79.0. The molecule has 0 saturated heterocycles. The number of aliphatic carboxylic acids is 5. The van der Waals surface area contributed by atoms with Gasteiger partial charge in [0.25, 0.3) is 6.47 Å². The molecule has 1 aromatic heterocycles. The molecule has 1 aromatic rings. The third-order valence-corrected chi connectivity index (χ3v) is 7.19. The van der Waals surface area contributed by atoms with Crippen LogP contribution in [0.5, 0.6) is 0 Å². The molecule has 1 aliphatic heterocycles. The van der Waals surface area contributed by atoms with E-state index in [4.69, 9.17) is 9.84 Å². The first-order valence-electron chi connectivity index (χ1n) is 13.8. The number of hydrogen-bond donors (Lipinski definition) is 5. The van der Waals surface area contributed by atoms with Gasteiger partial charge in [-0.15, -0.1) is 0 Å². The van der Waals surface area contributed by atoms with E-state index in [1.807, 2.05) is 0 Å². The maximum atomic E-state index is 12.3. The number of carboxylic acid groups (broad SMARTS) is 5. The van der Waals surface area contributed by atoms with Gasteiger partial charge < -0.3 is 30.3 Å². The zero-order chi connectivity index (χ0) is 31.9. The monoisotopic (exact) mass is 610 g/mol. The topological polar surface area (TPSA) is 235 Å². The van der Waals surface area contributed by atoms with Crippen LogP contribution in [0.2, 0.25) is 0 Å². The summed E-state index contributed by atoms with van der Waals surface area (Å²) in [5, 5.41) is 48.3. The minimum absolute atomic E-state index is 0.00834. The minimum atomic E-state index is -1.29. The van der Waals surface area contributed by atoms with E-state index < -0.39 is 60.8 Å². The van der Waals surface area contributed by atoms with Gasteiger partial charge in [0.1, 0.15) is 18.1 Å². The van der Waals surface area contributed by atoms with Crippen LogP contribution < -0.4 is 0 Å². The molecule has 0 saturated carbocycles. The Morgan fingerprint density at radius 3 is 1.56 bits per heavy atom. The first-order valence-corrected chi connectivity index (χ1v) is 13.8. The molecule has 2 heterocycles. The predicted octanol–water partition coefficient (Wildman–Crippen LogP) is 0.0436. The number of nitrogens with zero attached hydrogens (tertiary/aromatic N) is 4. The van der Waals surface area contributed by atoms with Crippen molar-refractivity contribution in [2.75, 3.05) is 32.8 Å². The molecule has 0 fully saturated rings. The normalized spacial score (nSPS) is 17.4. The summed E-state index contributed by atoms with van der Waals surface area (Å²) in [6, 6.07) is 1.47. The lowest BCUT2D eigenvalue weighted by Crippen LogP contribution is -2.52. The number of fused-ring (bicyclic) bond motifs is 2. The van der Waals surface area contributed by atoms with Gasteiger partial charge >= 0.3 is 29.8 Å². The molecule has 0 aliphatic carbocycles. The van der Waals surface area contributed by atoms with Crippen LogP contribution in [0.1, 0.15) is 49.9 Å². The number of ether oxygens (including phenoxy) is 1. The second-order valence-electron chi connectivity index (χ2n) is 10.1. The third-order valence-electron chi connectivity index (χ3n) is 7.19. The molecule has 0 aromatic carbocycles. The van der Waals surface area contributed by atoms with E-state index in [2.05, 4.69) is 4.98 Å². The molecule has 238 valence electrons. The van der Waals surface area contributed by atoms with E-state index in [0.717, 1.165) is 0 Å². The molecule has 3 atom stereocenters. The molecular weight excluding hydrogens is 572 g/mol. The van der Waals surface area contributed by atoms with Crippen molar-refractivity contribution in [3.8, 4) is 0 Å². The zero-order valence-corrected chi connectivity index (χ0v) is 23.6. The average molecular weight is 611 g/mol. The highest BCUT2D eigenvalue weighted by Gasteiger charge is 2.33. The van der Waals surface area contributed by atoms with Crippen molar-refractivity contribution in [1.82, 2.24) is 19.7 Å². The fraction of sp³-hybridized carbons (Fsp3) is 0.593. The van der Waals surface area contributed by atoms with Gasteiger partial charge in [-0.05, 0) is 37.8 Å². The van der Waals surface area contributed by atoms with E-state index in [9.17, 15) is 49.2 Å². The summed E-state index contributed by atoms with van der Waals surface area (Å²) in [5.41, 5.74) is 0.913. The van der Waals surface area contributed by atoms with Crippen LogP contribution in [0.25, 0.3) is 0 Å². The van der Waals surface area contributed by atoms with E-state index in [-0.39, 0.29) is 78.0 Å². The van der Waals surface area contributed by atoms with Crippen molar-refractivity contribution in [2.45, 2.75) is 69.7 Å². The van der Waals surface area contributed by atoms with Crippen molar-refractivity contribution in [3.63, 3.8) is 0 Å². The van der Waals surface area contributed by atoms with Crippen molar-refractivity contribution >= 4 is 36.3 Å². The maximum Gasteiger partial charge on any atom is 0.320 e. The lowest BCUT2D eigenvalue weighted by atomic mass is 10.1. The number of carboxylic acids is 5. The molecule has 1 aliphatic rings. The number of pyridine rings is 1. The standard InChI is InChI=1S/C27H38N4O12/c32-17-43-14-2-5-20(25(37)38)30-12-10-29(21(26(39)40)6-8-23(33)34)11-13-31(22(27(41)42)7-9-24(35)36)16-19-4-1-3-18(15-30)28-19/h1,3-4,17,20-22H,2,5-16H2,(H,33,34)(H,35,36)(H,37,38)(H,39,40)(H,41,42). The second kappa shape index (κ2) is 17.7. The molecule has 2 rings (SSSR count). The van der Waals surface area contributed by atoms with Crippen molar-refractivity contribution < 1.29 is 59.0 Å². The highest BCUT2D eigenvalue weighted by atomic mass is 16.5. The first kappa shape index (κ1) is 35.0. The largest absolute Gasteiger partial charge is 0.481 e. The Balaban J connectivity index is 2.52. The van der Waals surface area contributed by atoms with Gasteiger partial charge in [0.05, 0.1) is 18.0 Å². The predicted molar refractivity (Wildman–Crippen MR) is 146 cm³/mol. The summed E-state index contributed by atoms with van der Waals surface area (Å²) < 4.78 is 4.69. The quantitative estimate of drug-likeness (QED) is 0.116. The van der Waals surface area contributed by atoms with Crippen LogP contribution in [0.4, 0.5) is 0 Å². The fourth-order valence-electron chi connectivity index (χ4n) is 5.06. The van der Waals surface area contributed by atoms with Crippen LogP contribution in [0.15, 0.2) is 18.2 Å². The Bertz CT molecular complexity index is 1130. The second-order valence-corrected chi connectivity index (χ2v) is 10.1. The van der Waals surface area contributed by atoms with Gasteiger partial charge in [-0.1, -0.05) is 6.07 Å². The van der Waals surface area contributed by atoms with E-state index >= 15 is 0 Å². The van der Waals surface area contributed by atoms with Crippen LogP contribution in [0, 0.1) is 0 Å². The molecular formula is C27H38N4O12. The summed E-state index contributed by atoms with van der Waals surface area (Å²) in [5.74, 6) is -6.06. The third kappa shape index (κ3) is 11.9. The molecule has 5 N–H and O–H groups in total. The van der Waals surface area contributed by atoms with Gasteiger partial charge in [-0.2, -0.15) is 0 Å². The summed E-state index contributed by atoms with van der Waals surface area (Å²) in [6.07, 6.45) is -0.959. The van der Waals surface area contributed by atoms with E-state index in [1.54, 1.807) is 23.1 Å². The molecule has 16 nitrogen and oxygen atoms in total. The summed E-state index contributed by atoms with van der Waals surface area (Å²) in [7, 11) is 0. The molecule has 43 heavy (non-hydrogen) atoms. The van der Waals surface area contributed by atoms with Crippen LogP contribution in [0.3, 0.4) is 0 Å². The van der Waals surface area contributed by atoms with Crippen molar-refractivity contribution in [3.05, 3.63) is 29.6 Å². The van der Waals surface area contributed by atoms with Crippen molar-refractivity contribution in [1.29, 1.82) is 0 Å². The molecule has 2 bridgehead atoms. The van der Waals surface area contributed by atoms with Gasteiger partial charge in [0.2, 0.25) is 0 Å². The number of aromatic nitrogens is 1. The molecule has 0 radical (unpaired) electrons. The van der Waals surface area contributed by atoms with Crippen LogP contribution in [-0.2, 0) is 46.6 Å². The molecule has 0 amide bonds. The van der Waals surface area contributed by atoms with Gasteiger partial charge in [0, 0.05) is 52.1 Å². The van der Waals surface area contributed by atoms with E-state index in [0.29, 0.717) is 11.4 Å². The number of hydrogen-bond acceptors (Lipinski definition) is 11. The van der Waals surface area contributed by atoms with Gasteiger partial charge in [-0.3, -0.25) is 48.5 Å². The average Bonchev–Trinajstić information content (AvgIpc) is 2.92. The molecule has 16 heteroatoms. The van der Waals surface area contributed by atoms with Crippen molar-refractivity contribution in [2.24, 2.45) is 0 Å². The summed E-state index contributed by atoms with van der Waals surface area (Å²) >= 11 is 0. The lowest BCUT2D eigenvalue weighted by molar-refractivity contribution is -0.148. The Labute approximate surface area is 247 Å². The van der Waals surface area contributed by atoms with Crippen LogP contribution in [-0.4, -0.2) is 132 Å². The van der Waals surface area contributed by atoms with Gasteiger partial charge in [0.15, 0.2) is 0 Å². The number of rotatable bonds is 17. The van der Waals surface area contributed by atoms with E-state index in [1.165, 1.54) is 9.80 Å². The zero-order valence-electron chi connectivity index (χ0n) is 23.6. The highest BCUT2D eigenvalue weighted by molar-refractivity contribution is 5.76. The summed E-state index contributed by atoms with van der Waals surface area (Å²) in [6.45, 7) is 0.276. The number of carbonyl (C=O) groups is 6.